The largest absolute Gasteiger partial charge is 0.347 e. The van der Waals surface area contributed by atoms with Crippen LogP contribution in [0.4, 0.5) is 11.6 Å². The highest BCUT2D eigenvalue weighted by Gasteiger charge is 2.30. The van der Waals surface area contributed by atoms with Crippen molar-refractivity contribution in [2.24, 2.45) is 7.05 Å². The van der Waals surface area contributed by atoms with Gasteiger partial charge in [-0.05, 0) is 44.0 Å². The van der Waals surface area contributed by atoms with Crippen LogP contribution in [-0.2, 0) is 11.8 Å². The minimum absolute atomic E-state index is 0.00942. The number of carbonyl (C=O) groups excluding carboxylic acids is 1. The first-order chi connectivity index (χ1) is 15.8. The summed E-state index contributed by atoms with van der Waals surface area (Å²) >= 11 is 6.28. The molecule has 1 aliphatic heterocycles. The summed E-state index contributed by atoms with van der Waals surface area (Å²) in [6.45, 7) is 3.01. The van der Waals surface area contributed by atoms with E-state index < -0.39 is 0 Å². The van der Waals surface area contributed by atoms with Gasteiger partial charge in [-0.1, -0.05) is 30.2 Å². The van der Waals surface area contributed by atoms with Crippen molar-refractivity contribution in [2.45, 2.75) is 32.2 Å². The highest BCUT2D eigenvalue weighted by Crippen LogP contribution is 2.36. The Morgan fingerprint density at radius 2 is 2.12 bits per heavy atom. The van der Waals surface area contributed by atoms with E-state index in [1.165, 1.54) is 0 Å². The van der Waals surface area contributed by atoms with Crippen molar-refractivity contribution >= 4 is 29.1 Å². The number of halogens is 1. The zero-order chi connectivity index (χ0) is 23.5. The number of hydrogen-bond donors (Lipinski definition) is 1. The average Bonchev–Trinajstić information content (AvgIpc) is 3.10. The summed E-state index contributed by atoms with van der Waals surface area (Å²) in [7, 11) is 5.71. The quantitative estimate of drug-likeness (QED) is 0.588. The van der Waals surface area contributed by atoms with Gasteiger partial charge in [0.2, 0.25) is 11.9 Å². The van der Waals surface area contributed by atoms with Crippen LogP contribution in [0.15, 0.2) is 36.7 Å². The predicted octanol–water partition coefficient (Wildman–Crippen LogP) is 4.07. The monoisotopic (exact) mass is 467 g/mol. The number of piperidine rings is 1. The Morgan fingerprint density at radius 3 is 2.82 bits per heavy atom. The zero-order valence-corrected chi connectivity index (χ0v) is 20.3. The molecule has 1 N–H and O–H groups in total. The maximum absolute atomic E-state index is 12.9. The lowest BCUT2D eigenvalue weighted by molar-refractivity contribution is -0.118. The number of aryl methyl sites for hydroxylation is 2. The third-order valence-corrected chi connectivity index (χ3v) is 6.14. The molecule has 3 heterocycles. The first-order valence-corrected chi connectivity index (χ1v) is 11.5. The van der Waals surface area contributed by atoms with Crippen LogP contribution in [0.25, 0.3) is 11.1 Å². The average molecular weight is 468 g/mol. The summed E-state index contributed by atoms with van der Waals surface area (Å²) in [6, 6.07) is 7.76. The van der Waals surface area contributed by atoms with Gasteiger partial charge in [-0.25, -0.2) is 9.97 Å². The second-order valence-corrected chi connectivity index (χ2v) is 9.14. The Hall–Kier alpha value is -2.97. The topological polar surface area (TPSA) is 79.2 Å². The van der Waals surface area contributed by atoms with Gasteiger partial charge in [0, 0.05) is 44.1 Å². The number of hydrogen-bond acceptors (Lipinski definition) is 6. The van der Waals surface area contributed by atoms with E-state index in [0.717, 1.165) is 54.0 Å². The highest BCUT2D eigenvalue weighted by molar-refractivity contribution is 6.30. The normalized spacial score (nSPS) is 16.6. The Balaban J connectivity index is 1.65. The molecule has 1 amide bonds. The van der Waals surface area contributed by atoms with Crippen LogP contribution in [0.2, 0.25) is 5.02 Å². The van der Waals surface area contributed by atoms with Gasteiger partial charge in [0.1, 0.15) is 0 Å². The molecular weight excluding hydrogens is 438 g/mol. The number of likely N-dealkylation sites (tertiary alicyclic amines) is 1. The SMILES string of the molecule is Cc1nn(C)cc1NC(=O)CN1CCCCC1c1nc(N(C)C)ncc1-c1cccc(Cl)c1. The van der Waals surface area contributed by atoms with Crippen molar-refractivity contribution in [2.75, 3.05) is 37.4 Å². The number of nitrogens with zero attached hydrogens (tertiary/aromatic N) is 6. The molecule has 4 rings (SSSR count). The Morgan fingerprint density at radius 1 is 1.30 bits per heavy atom. The number of carbonyl (C=O) groups is 1. The van der Waals surface area contributed by atoms with Crippen molar-refractivity contribution in [3.05, 3.63) is 53.1 Å². The van der Waals surface area contributed by atoms with E-state index >= 15 is 0 Å². The molecule has 1 aromatic carbocycles. The fraction of sp³-hybridized carbons (Fsp3) is 0.417. The number of nitrogens with one attached hydrogen (secondary N) is 1. The molecule has 0 aliphatic carbocycles. The van der Waals surface area contributed by atoms with Crippen molar-refractivity contribution in [1.29, 1.82) is 0 Å². The van der Waals surface area contributed by atoms with E-state index in [4.69, 9.17) is 16.6 Å². The van der Waals surface area contributed by atoms with Crippen LogP contribution in [0, 0.1) is 6.92 Å². The minimum Gasteiger partial charge on any atom is -0.347 e. The number of benzene rings is 1. The first-order valence-electron chi connectivity index (χ1n) is 11.2. The molecule has 0 spiro atoms. The summed E-state index contributed by atoms with van der Waals surface area (Å²) in [6.07, 6.45) is 6.76. The number of aromatic nitrogens is 4. The standard InChI is InChI=1S/C24H30ClN7O/c1-16-20(14-31(4)29-16)27-22(33)15-32-11-6-5-10-21(32)23-19(13-26-24(28-23)30(2)3)17-8-7-9-18(25)12-17/h7-9,12-14,21H,5-6,10-11,15H2,1-4H3,(H,27,33). The van der Waals surface area contributed by atoms with Crippen molar-refractivity contribution < 1.29 is 4.79 Å². The molecule has 1 fully saturated rings. The van der Waals surface area contributed by atoms with E-state index in [0.29, 0.717) is 11.0 Å². The fourth-order valence-corrected chi connectivity index (χ4v) is 4.51. The molecule has 3 aromatic rings. The smallest absolute Gasteiger partial charge is 0.238 e. The Labute approximate surface area is 199 Å². The third kappa shape index (κ3) is 5.34. The zero-order valence-electron chi connectivity index (χ0n) is 19.5. The molecule has 1 atom stereocenters. The van der Waals surface area contributed by atoms with Crippen molar-refractivity contribution in [3.8, 4) is 11.1 Å². The molecule has 174 valence electrons. The van der Waals surface area contributed by atoms with Gasteiger partial charge >= 0.3 is 0 Å². The molecule has 8 nitrogen and oxygen atoms in total. The molecule has 1 aliphatic rings. The van der Waals surface area contributed by atoms with E-state index in [1.807, 2.05) is 69.6 Å². The van der Waals surface area contributed by atoms with E-state index in [2.05, 4.69) is 20.3 Å². The van der Waals surface area contributed by atoms with E-state index in [-0.39, 0.29) is 18.5 Å². The van der Waals surface area contributed by atoms with Crippen molar-refractivity contribution in [3.63, 3.8) is 0 Å². The summed E-state index contributed by atoms with van der Waals surface area (Å²) in [5.41, 5.74) is 4.40. The molecule has 1 saturated heterocycles. The lowest BCUT2D eigenvalue weighted by Crippen LogP contribution is -2.40. The summed E-state index contributed by atoms with van der Waals surface area (Å²) < 4.78 is 1.70. The van der Waals surface area contributed by atoms with E-state index in [1.54, 1.807) is 4.68 Å². The maximum atomic E-state index is 12.9. The van der Waals surface area contributed by atoms with Gasteiger partial charge in [0.05, 0.1) is 29.7 Å². The van der Waals surface area contributed by atoms with Gasteiger partial charge < -0.3 is 10.2 Å². The summed E-state index contributed by atoms with van der Waals surface area (Å²) in [5.74, 6) is 0.598. The van der Waals surface area contributed by atoms with Gasteiger partial charge in [-0.2, -0.15) is 5.10 Å². The number of amides is 1. The van der Waals surface area contributed by atoms with Crippen molar-refractivity contribution in [1.82, 2.24) is 24.6 Å². The van der Waals surface area contributed by atoms with Gasteiger partial charge in [0.25, 0.3) is 0 Å². The first kappa shape index (κ1) is 23.2. The Bertz CT molecular complexity index is 1140. The van der Waals surface area contributed by atoms with E-state index in [9.17, 15) is 4.79 Å². The molecule has 0 saturated carbocycles. The number of anilines is 2. The van der Waals surface area contributed by atoms with Gasteiger partial charge in [-0.3, -0.25) is 14.4 Å². The van der Waals surface area contributed by atoms with Gasteiger partial charge in [0.15, 0.2) is 0 Å². The second-order valence-electron chi connectivity index (χ2n) is 8.71. The molecule has 9 heteroatoms. The molecule has 2 aromatic heterocycles. The summed E-state index contributed by atoms with van der Waals surface area (Å²) in [5, 5.41) is 7.99. The highest BCUT2D eigenvalue weighted by atomic mass is 35.5. The molecule has 0 bridgehead atoms. The molecule has 33 heavy (non-hydrogen) atoms. The molecular formula is C24H30ClN7O. The fourth-order valence-electron chi connectivity index (χ4n) is 4.32. The molecule has 0 radical (unpaired) electrons. The van der Waals surface area contributed by atoms with Crippen LogP contribution >= 0.6 is 11.6 Å². The van der Waals surface area contributed by atoms with Crippen LogP contribution in [0.3, 0.4) is 0 Å². The van der Waals surface area contributed by atoms with Crippen LogP contribution < -0.4 is 10.2 Å². The van der Waals surface area contributed by atoms with Crippen LogP contribution in [0.5, 0.6) is 0 Å². The maximum Gasteiger partial charge on any atom is 0.238 e. The lowest BCUT2D eigenvalue weighted by atomic mass is 9.94. The number of rotatable bonds is 6. The Kier molecular flexibility index (Phi) is 6.95. The second kappa shape index (κ2) is 9.89. The minimum atomic E-state index is -0.0517. The van der Waals surface area contributed by atoms with Crippen LogP contribution in [-0.4, -0.2) is 57.7 Å². The molecule has 1 unspecified atom stereocenters. The predicted molar refractivity (Wildman–Crippen MR) is 132 cm³/mol. The summed E-state index contributed by atoms with van der Waals surface area (Å²) in [4.78, 5) is 26.6. The lowest BCUT2D eigenvalue weighted by Gasteiger charge is -2.36. The van der Waals surface area contributed by atoms with Crippen LogP contribution in [0.1, 0.15) is 36.7 Å². The van der Waals surface area contributed by atoms with Gasteiger partial charge in [-0.15, -0.1) is 0 Å². The third-order valence-electron chi connectivity index (χ3n) is 5.90.